The SMILES string of the molecule is CCOC(=O)C(C)(C)NCC1CC1. The summed E-state index contributed by atoms with van der Waals surface area (Å²) in [6, 6.07) is 0. The Bertz CT molecular complexity index is 185. The van der Waals surface area contributed by atoms with Gasteiger partial charge < -0.3 is 10.1 Å². The minimum absolute atomic E-state index is 0.157. The molecule has 0 spiro atoms. The lowest BCUT2D eigenvalue weighted by molar-refractivity contribution is -0.149. The summed E-state index contributed by atoms with van der Waals surface area (Å²) in [5.74, 6) is 0.629. The highest BCUT2D eigenvalue weighted by atomic mass is 16.5. The highest BCUT2D eigenvalue weighted by Crippen LogP contribution is 2.28. The van der Waals surface area contributed by atoms with Gasteiger partial charge in [0.15, 0.2) is 0 Å². The molecule has 1 rings (SSSR count). The second-order valence-electron chi connectivity index (χ2n) is 4.17. The van der Waals surface area contributed by atoms with Crippen molar-refractivity contribution in [2.45, 2.75) is 39.2 Å². The molecule has 0 aliphatic heterocycles. The Morgan fingerprint density at radius 1 is 1.54 bits per heavy atom. The van der Waals surface area contributed by atoms with Gasteiger partial charge in [0.2, 0.25) is 0 Å². The third kappa shape index (κ3) is 3.35. The van der Waals surface area contributed by atoms with Crippen molar-refractivity contribution in [1.29, 1.82) is 0 Å². The van der Waals surface area contributed by atoms with Gasteiger partial charge in [0.25, 0.3) is 0 Å². The van der Waals surface area contributed by atoms with E-state index in [0.717, 1.165) is 12.5 Å². The maximum atomic E-state index is 11.4. The fraction of sp³-hybridized carbons (Fsp3) is 0.900. The Hall–Kier alpha value is -0.570. The smallest absolute Gasteiger partial charge is 0.325 e. The molecule has 1 aliphatic carbocycles. The molecule has 1 saturated carbocycles. The molecule has 3 heteroatoms. The van der Waals surface area contributed by atoms with Crippen molar-refractivity contribution >= 4 is 5.97 Å². The highest BCUT2D eigenvalue weighted by molar-refractivity contribution is 5.79. The van der Waals surface area contributed by atoms with Crippen LogP contribution in [0.5, 0.6) is 0 Å². The molecule has 1 aliphatic rings. The van der Waals surface area contributed by atoms with Crippen LogP contribution in [0, 0.1) is 5.92 Å². The largest absolute Gasteiger partial charge is 0.465 e. The summed E-state index contributed by atoms with van der Waals surface area (Å²) in [6.07, 6.45) is 2.60. The topological polar surface area (TPSA) is 38.3 Å². The van der Waals surface area contributed by atoms with Crippen LogP contribution < -0.4 is 5.32 Å². The van der Waals surface area contributed by atoms with Gasteiger partial charge >= 0.3 is 5.97 Å². The summed E-state index contributed by atoms with van der Waals surface area (Å²) in [5.41, 5.74) is -0.529. The van der Waals surface area contributed by atoms with Gasteiger partial charge in [-0.05, 0) is 46.1 Å². The minimum Gasteiger partial charge on any atom is -0.465 e. The molecule has 1 fully saturated rings. The van der Waals surface area contributed by atoms with E-state index in [9.17, 15) is 4.79 Å². The van der Waals surface area contributed by atoms with Gasteiger partial charge in [-0.1, -0.05) is 0 Å². The van der Waals surface area contributed by atoms with Crippen molar-refractivity contribution < 1.29 is 9.53 Å². The summed E-state index contributed by atoms with van der Waals surface area (Å²) in [7, 11) is 0. The number of hydrogen-bond donors (Lipinski definition) is 1. The molecule has 0 bridgehead atoms. The van der Waals surface area contributed by atoms with Crippen LogP contribution in [-0.2, 0) is 9.53 Å². The maximum Gasteiger partial charge on any atom is 0.325 e. The van der Waals surface area contributed by atoms with Crippen LogP contribution >= 0.6 is 0 Å². The number of esters is 1. The van der Waals surface area contributed by atoms with Crippen LogP contribution in [0.15, 0.2) is 0 Å². The molecular weight excluding hydrogens is 166 g/mol. The van der Waals surface area contributed by atoms with Crippen LogP contribution in [-0.4, -0.2) is 24.7 Å². The molecule has 0 heterocycles. The van der Waals surface area contributed by atoms with Crippen molar-refractivity contribution in [3.63, 3.8) is 0 Å². The zero-order valence-corrected chi connectivity index (χ0v) is 8.72. The monoisotopic (exact) mass is 185 g/mol. The van der Waals surface area contributed by atoms with E-state index in [2.05, 4.69) is 5.32 Å². The minimum atomic E-state index is -0.529. The van der Waals surface area contributed by atoms with E-state index in [1.807, 2.05) is 20.8 Å². The molecule has 0 aromatic heterocycles. The Labute approximate surface area is 79.8 Å². The normalized spacial score (nSPS) is 17.2. The van der Waals surface area contributed by atoms with Crippen molar-refractivity contribution in [2.75, 3.05) is 13.2 Å². The fourth-order valence-corrected chi connectivity index (χ4v) is 1.11. The predicted molar refractivity (Wildman–Crippen MR) is 51.4 cm³/mol. The third-order valence-corrected chi connectivity index (χ3v) is 2.32. The molecule has 1 N–H and O–H groups in total. The molecule has 0 radical (unpaired) electrons. The molecule has 0 unspecified atom stereocenters. The van der Waals surface area contributed by atoms with Crippen LogP contribution in [0.4, 0.5) is 0 Å². The van der Waals surface area contributed by atoms with Gasteiger partial charge in [0.05, 0.1) is 6.61 Å². The molecule has 0 aromatic carbocycles. The summed E-state index contributed by atoms with van der Waals surface area (Å²) in [6.45, 7) is 6.95. The number of hydrogen-bond acceptors (Lipinski definition) is 3. The number of carbonyl (C=O) groups is 1. The molecular formula is C10H19NO2. The summed E-state index contributed by atoms with van der Waals surface area (Å²) >= 11 is 0. The van der Waals surface area contributed by atoms with E-state index >= 15 is 0 Å². The predicted octanol–water partition coefficient (Wildman–Crippen LogP) is 1.33. The van der Waals surface area contributed by atoms with Gasteiger partial charge in [-0.3, -0.25) is 4.79 Å². The first-order chi connectivity index (χ1) is 6.06. The zero-order chi connectivity index (χ0) is 9.90. The van der Waals surface area contributed by atoms with Gasteiger partial charge in [-0.25, -0.2) is 0 Å². The summed E-state index contributed by atoms with van der Waals surface area (Å²) in [4.78, 5) is 11.4. The van der Waals surface area contributed by atoms with Crippen molar-refractivity contribution in [3.8, 4) is 0 Å². The van der Waals surface area contributed by atoms with E-state index in [4.69, 9.17) is 4.74 Å². The number of carbonyl (C=O) groups excluding carboxylic acids is 1. The van der Waals surface area contributed by atoms with Crippen LogP contribution in [0.3, 0.4) is 0 Å². The number of ether oxygens (including phenoxy) is 1. The number of rotatable bonds is 5. The average Bonchev–Trinajstić information content (AvgIpc) is 2.84. The first-order valence-corrected chi connectivity index (χ1v) is 4.98. The van der Waals surface area contributed by atoms with E-state index in [1.54, 1.807) is 0 Å². The summed E-state index contributed by atoms with van der Waals surface area (Å²) < 4.78 is 4.96. The lowest BCUT2D eigenvalue weighted by Crippen LogP contribution is -2.48. The van der Waals surface area contributed by atoms with Gasteiger partial charge in [0, 0.05) is 0 Å². The Morgan fingerprint density at radius 3 is 2.62 bits per heavy atom. The van der Waals surface area contributed by atoms with Gasteiger partial charge in [-0.15, -0.1) is 0 Å². The lowest BCUT2D eigenvalue weighted by Gasteiger charge is -2.23. The van der Waals surface area contributed by atoms with Crippen molar-refractivity contribution in [3.05, 3.63) is 0 Å². The fourth-order valence-electron chi connectivity index (χ4n) is 1.11. The van der Waals surface area contributed by atoms with E-state index in [1.165, 1.54) is 12.8 Å². The first kappa shape index (κ1) is 10.5. The van der Waals surface area contributed by atoms with E-state index < -0.39 is 5.54 Å². The van der Waals surface area contributed by atoms with Crippen LogP contribution in [0.2, 0.25) is 0 Å². The molecule has 76 valence electrons. The molecule has 0 amide bonds. The molecule has 0 atom stereocenters. The Balaban J connectivity index is 2.28. The Morgan fingerprint density at radius 2 is 2.15 bits per heavy atom. The van der Waals surface area contributed by atoms with Crippen LogP contribution in [0.25, 0.3) is 0 Å². The second kappa shape index (κ2) is 4.09. The first-order valence-electron chi connectivity index (χ1n) is 4.98. The van der Waals surface area contributed by atoms with E-state index in [-0.39, 0.29) is 5.97 Å². The maximum absolute atomic E-state index is 11.4. The zero-order valence-electron chi connectivity index (χ0n) is 8.72. The summed E-state index contributed by atoms with van der Waals surface area (Å²) in [5, 5.41) is 3.23. The second-order valence-corrected chi connectivity index (χ2v) is 4.17. The quantitative estimate of drug-likeness (QED) is 0.657. The van der Waals surface area contributed by atoms with Gasteiger partial charge in [0.1, 0.15) is 5.54 Å². The molecule has 13 heavy (non-hydrogen) atoms. The van der Waals surface area contributed by atoms with E-state index in [0.29, 0.717) is 6.61 Å². The standard InChI is InChI=1S/C10H19NO2/c1-4-13-9(12)10(2,3)11-7-8-5-6-8/h8,11H,4-7H2,1-3H3. The van der Waals surface area contributed by atoms with Crippen molar-refractivity contribution in [1.82, 2.24) is 5.32 Å². The van der Waals surface area contributed by atoms with Crippen molar-refractivity contribution in [2.24, 2.45) is 5.92 Å². The Kier molecular flexibility index (Phi) is 3.31. The molecule has 0 saturated heterocycles. The lowest BCUT2D eigenvalue weighted by atomic mass is 10.1. The highest BCUT2D eigenvalue weighted by Gasteiger charge is 2.31. The van der Waals surface area contributed by atoms with Crippen LogP contribution in [0.1, 0.15) is 33.6 Å². The number of nitrogens with one attached hydrogen (secondary N) is 1. The molecule has 0 aromatic rings. The van der Waals surface area contributed by atoms with Gasteiger partial charge in [-0.2, -0.15) is 0 Å². The third-order valence-electron chi connectivity index (χ3n) is 2.32. The average molecular weight is 185 g/mol. The molecule has 3 nitrogen and oxygen atoms in total.